The van der Waals surface area contributed by atoms with Crippen molar-refractivity contribution in [1.82, 2.24) is 14.5 Å². The van der Waals surface area contributed by atoms with Crippen molar-refractivity contribution < 1.29 is 5.11 Å². The van der Waals surface area contributed by atoms with E-state index in [1.54, 1.807) is 23.3 Å². The highest BCUT2D eigenvalue weighted by Crippen LogP contribution is 2.23. The normalized spacial score (nSPS) is 12.8. The van der Waals surface area contributed by atoms with Crippen LogP contribution in [0.15, 0.2) is 49.1 Å². The van der Waals surface area contributed by atoms with Crippen molar-refractivity contribution in [3.05, 3.63) is 60.3 Å². The van der Waals surface area contributed by atoms with Gasteiger partial charge in [0.1, 0.15) is 6.10 Å². The van der Waals surface area contributed by atoms with E-state index in [0.29, 0.717) is 0 Å². The molecule has 90 valence electrons. The van der Waals surface area contributed by atoms with E-state index in [-0.39, 0.29) is 0 Å². The number of aliphatic hydroxyl groups is 1. The van der Waals surface area contributed by atoms with Gasteiger partial charge in [-0.05, 0) is 12.1 Å². The predicted molar refractivity (Wildman–Crippen MR) is 69.0 cm³/mol. The molecule has 18 heavy (non-hydrogen) atoms. The second kappa shape index (κ2) is 4.23. The zero-order valence-corrected chi connectivity index (χ0v) is 9.99. The molecule has 3 aromatic rings. The minimum absolute atomic E-state index is 0.699. The fraction of sp³-hybridized carbons (Fsp3) is 0.143. The molecule has 3 rings (SSSR count). The highest BCUT2D eigenvalue weighted by molar-refractivity contribution is 5.78. The average molecular weight is 239 g/mol. The molecule has 1 aromatic carbocycles. The molecule has 1 atom stereocenters. The Morgan fingerprint density at radius 3 is 2.83 bits per heavy atom. The van der Waals surface area contributed by atoms with E-state index in [1.807, 2.05) is 37.4 Å². The molecule has 4 nitrogen and oxygen atoms in total. The molecule has 0 spiro atoms. The smallest absolute Gasteiger partial charge is 0.122 e. The van der Waals surface area contributed by atoms with Gasteiger partial charge in [0, 0.05) is 24.2 Å². The maximum atomic E-state index is 10.3. The Labute approximate surface area is 105 Å². The van der Waals surface area contributed by atoms with Crippen molar-refractivity contribution in [3.8, 4) is 0 Å². The second-order valence-corrected chi connectivity index (χ2v) is 4.29. The highest BCUT2D eigenvalue weighted by atomic mass is 16.3. The molecule has 0 radical (unpaired) electrons. The molecule has 0 amide bonds. The summed E-state index contributed by atoms with van der Waals surface area (Å²) in [5, 5.41) is 11.3. The number of hydrogen-bond donors (Lipinski definition) is 1. The summed E-state index contributed by atoms with van der Waals surface area (Å²) in [6.07, 6.45) is 4.35. The fourth-order valence-corrected chi connectivity index (χ4v) is 2.04. The molecule has 2 aromatic heterocycles. The number of imidazole rings is 1. The lowest BCUT2D eigenvalue weighted by Gasteiger charge is -2.11. The van der Waals surface area contributed by atoms with E-state index < -0.39 is 6.10 Å². The highest BCUT2D eigenvalue weighted by Gasteiger charge is 2.14. The first-order valence-electron chi connectivity index (χ1n) is 5.74. The number of para-hydroxylation sites is 1. The number of pyridine rings is 1. The van der Waals surface area contributed by atoms with Gasteiger partial charge < -0.3 is 9.67 Å². The molecule has 0 saturated heterocycles. The van der Waals surface area contributed by atoms with Crippen LogP contribution in [0.2, 0.25) is 0 Å². The minimum Gasteiger partial charge on any atom is -0.382 e. The van der Waals surface area contributed by atoms with Crippen LogP contribution in [0, 0.1) is 0 Å². The van der Waals surface area contributed by atoms with Gasteiger partial charge in [-0.2, -0.15) is 0 Å². The third-order valence-corrected chi connectivity index (χ3v) is 3.06. The van der Waals surface area contributed by atoms with E-state index in [9.17, 15) is 5.11 Å². The molecular formula is C14H13N3O. The summed E-state index contributed by atoms with van der Waals surface area (Å²) < 4.78 is 1.81. The molecule has 0 saturated carbocycles. The van der Waals surface area contributed by atoms with Crippen LogP contribution < -0.4 is 0 Å². The monoisotopic (exact) mass is 239 g/mol. The molecule has 0 bridgehead atoms. The van der Waals surface area contributed by atoms with Gasteiger partial charge in [0.05, 0.1) is 23.7 Å². The van der Waals surface area contributed by atoms with Gasteiger partial charge in [0.25, 0.3) is 0 Å². The lowest BCUT2D eigenvalue weighted by atomic mass is 10.1. The van der Waals surface area contributed by atoms with Crippen molar-refractivity contribution in [3.63, 3.8) is 0 Å². The Bertz CT molecular complexity index is 690. The maximum absolute atomic E-state index is 10.3. The largest absolute Gasteiger partial charge is 0.382 e. The Balaban J connectivity index is 2.07. The second-order valence-electron chi connectivity index (χ2n) is 4.29. The summed E-state index contributed by atoms with van der Waals surface area (Å²) in [7, 11) is 1.86. The molecule has 0 aliphatic heterocycles. The van der Waals surface area contributed by atoms with Crippen molar-refractivity contribution in [1.29, 1.82) is 0 Å². The van der Waals surface area contributed by atoms with Gasteiger partial charge in [-0.15, -0.1) is 0 Å². The first-order chi connectivity index (χ1) is 8.75. The van der Waals surface area contributed by atoms with Crippen LogP contribution in [0.25, 0.3) is 10.9 Å². The summed E-state index contributed by atoms with van der Waals surface area (Å²) in [6, 6.07) is 9.81. The average Bonchev–Trinajstić information content (AvgIpc) is 2.83. The van der Waals surface area contributed by atoms with Crippen LogP contribution in [-0.2, 0) is 7.05 Å². The maximum Gasteiger partial charge on any atom is 0.122 e. The SMILES string of the molecule is Cn1cncc1C(O)c1cnc2ccccc2c1. The summed E-state index contributed by atoms with van der Waals surface area (Å²) in [6.45, 7) is 0. The van der Waals surface area contributed by atoms with E-state index in [1.165, 1.54) is 0 Å². The third kappa shape index (κ3) is 1.76. The van der Waals surface area contributed by atoms with Crippen molar-refractivity contribution >= 4 is 10.9 Å². The number of fused-ring (bicyclic) bond motifs is 1. The molecule has 4 heteroatoms. The quantitative estimate of drug-likeness (QED) is 0.744. The lowest BCUT2D eigenvalue weighted by molar-refractivity contribution is 0.211. The van der Waals surface area contributed by atoms with E-state index in [4.69, 9.17) is 0 Å². The number of aryl methyl sites for hydroxylation is 1. The van der Waals surface area contributed by atoms with E-state index in [0.717, 1.165) is 22.2 Å². The Hall–Kier alpha value is -2.20. The van der Waals surface area contributed by atoms with Gasteiger partial charge in [0.15, 0.2) is 0 Å². The fourth-order valence-electron chi connectivity index (χ4n) is 2.04. The zero-order chi connectivity index (χ0) is 12.5. The Morgan fingerprint density at radius 1 is 1.22 bits per heavy atom. The third-order valence-electron chi connectivity index (χ3n) is 3.06. The topological polar surface area (TPSA) is 50.9 Å². The number of aromatic nitrogens is 3. The van der Waals surface area contributed by atoms with Gasteiger partial charge in [-0.25, -0.2) is 4.98 Å². The first kappa shape index (κ1) is 10.9. The Morgan fingerprint density at radius 2 is 2.06 bits per heavy atom. The zero-order valence-electron chi connectivity index (χ0n) is 9.99. The lowest BCUT2D eigenvalue weighted by Crippen LogP contribution is -2.05. The van der Waals surface area contributed by atoms with E-state index >= 15 is 0 Å². The van der Waals surface area contributed by atoms with Crippen LogP contribution in [0.4, 0.5) is 0 Å². The van der Waals surface area contributed by atoms with Gasteiger partial charge in [-0.3, -0.25) is 4.98 Å². The number of benzene rings is 1. The molecule has 0 fully saturated rings. The van der Waals surface area contributed by atoms with Gasteiger partial charge in [0.2, 0.25) is 0 Å². The van der Waals surface area contributed by atoms with Crippen LogP contribution in [-0.4, -0.2) is 19.6 Å². The van der Waals surface area contributed by atoms with Crippen LogP contribution >= 0.6 is 0 Å². The molecule has 2 heterocycles. The van der Waals surface area contributed by atoms with E-state index in [2.05, 4.69) is 9.97 Å². The number of aliphatic hydroxyl groups excluding tert-OH is 1. The molecule has 0 aliphatic carbocycles. The summed E-state index contributed by atoms with van der Waals surface area (Å²) >= 11 is 0. The van der Waals surface area contributed by atoms with Crippen molar-refractivity contribution in [2.24, 2.45) is 7.05 Å². The standard InChI is InChI=1S/C14H13N3O/c1-17-9-15-8-13(17)14(18)11-6-10-4-2-3-5-12(10)16-7-11/h2-9,14,18H,1H3. The number of nitrogens with zero attached hydrogens (tertiary/aromatic N) is 3. The summed E-state index contributed by atoms with van der Waals surface area (Å²) in [4.78, 5) is 8.37. The van der Waals surface area contributed by atoms with Crippen LogP contribution in [0.5, 0.6) is 0 Å². The minimum atomic E-state index is -0.699. The number of hydrogen-bond acceptors (Lipinski definition) is 3. The molecule has 0 aliphatic rings. The molecular weight excluding hydrogens is 226 g/mol. The van der Waals surface area contributed by atoms with Gasteiger partial charge >= 0.3 is 0 Å². The van der Waals surface area contributed by atoms with Crippen LogP contribution in [0.1, 0.15) is 17.4 Å². The van der Waals surface area contributed by atoms with Crippen LogP contribution in [0.3, 0.4) is 0 Å². The molecule has 1 N–H and O–H groups in total. The van der Waals surface area contributed by atoms with Gasteiger partial charge in [-0.1, -0.05) is 18.2 Å². The molecule has 1 unspecified atom stereocenters. The Kier molecular flexibility index (Phi) is 2.57. The summed E-state index contributed by atoms with van der Waals surface area (Å²) in [5.74, 6) is 0. The predicted octanol–water partition coefficient (Wildman–Crippen LogP) is 2.05. The first-order valence-corrected chi connectivity index (χ1v) is 5.74. The number of rotatable bonds is 2. The summed E-state index contributed by atoms with van der Waals surface area (Å²) in [5.41, 5.74) is 2.46. The van der Waals surface area contributed by atoms with Crippen molar-refractivity contribution in [2.45, 2.75) is 6.10 Å². The van der Waals surface area contributed by atoms with Crippen molar-refractivity contribution in [2.75, 3.05) is 0 Å².